The fourth-order valence-electron chi connectivity index (χ4n) is 1.88. The van der Waals surface area contributed by atoms with E-state index in [1.807, 2.05) is 50.2 Å². The standard InChI is InChI=1S/C16H18BrNO/c1-11(18)14-8-9-16(15(17)10-14)19-12(2)13-6-4-3-5-7-13/h3-12H,18H2,1-2H3. The van der Waals surface area contributed by atoms with Crippen molar-refractivity contribution in [3.63, 3.8) is 0 Å². The van der Waals surface area contributed by atoms with Crippen LogP contribution in [-0.2, 0) is 0 Å². The Morgan fingerprint density at radius 3 is 2.26 bits per heavy atom. The zero-order valence-electron chi connectivity index (χ0n) is 11.1. The van der Waals surface area contributed by atoms with Crippen molar-refractivity contribution in [3.05, 3.63) is 64.1 Å². The largest absolute Gasteiger partial charge is 0.485 e. The number of hydrogen-bond donors (Lipinski definition) is 1. The minimum Gasteiger partial charge on any atom is -0.485 e. The average molecular weight is 320 g/mol. The molecule has 0 aromatic heterocycles. The molecule has 0 saturated carbocycles. The van der Waals surface area contributed by atoms with Crippen molar-refractivity contribution in [3.8, 4) is 5.75 Å². The van der Waals surface area contributed by atoms with Crippen LogP contribution in [-0.4, -0.2) is 0 Å². The SMILES string of the molecule is CC(N)c1ccc(OC(C)c2ccccc2)c(Br)c1. The molecule has 2 unspecified atom stereocenters. The first kappa shape index (κ1) is 14.1. The monoisotopic (exact) mass is 319 g/mol. The summed E-state index contributed by atoms with van der Waals surface area (Å²) in [5.41, 5.74) is 8.11. The van der Waals surface area contributed by atoms with Gasteiger partial charge in [-0.15, -0.1) is 0 Å². The van der Waals surface area contributed by atoms with Gasteiger partial charge in [-0.25, -0.2) is 0 Å². The second-order valence-electron chi connectivity index (χ2n) is 4.65. The Hall–Kier alpha value is -1.32. The molecule has 2 nitrogen and oxygen atoms in total. The maximum absolute atomic E-state index is 5.98. The Balaban J connectivity index is 2.15. The zero-order valence-corrected chi connectivity index (χ0v) is 12.7. The van der Waals surface area contributed by atoms with Crippen molar-refractivity contribution < 1.29 is 4.74 Å². The van der Waals surface area contributed by atoms with Gasteiger partial charge in [-0.3, -0.25) is 0 Å². The van der Waals surface area contributed by atoms with Crippen LogP contribution >= 0.6 is 15.9 Å². The lowest BCUT2D eigenvalue weighted by Crippen LogP contribution is -2.06. The van der Waals surface area contributed by atoms with E-state index in [0.717, 1.165) is 21.3 Å². The molecule has 0 aliphatic heterocycles. The maximum atomic E-state index is 5.98. The normalized spacial score (nSPS) is 13.9. The molecular weight excluding hydrogens is 302 g/mol. The number of ether oxygens (including phenoxy) is 1. The van der Waals surface area contributed by atoms with Crippen molar-refractivity contribution in [2.45, 2.75) is 26.0 Å². The van der Waals surface area contributed by atoms with E-state index < -0.39 is 0 Å². The summed E-state index contributed by atoms with van der Waals surface area (Å²) in [4.78, 5) is 0. The van der Waals surface area contributed by atoms with E-state index in [4.69, 9.17) is 10.5 Å². The summed E-state index contributed by atoms with van der Waals surface area (Å²) in [7, 11) is 0. The third kappa shape index (κ3) is 3.58. The highest BCUT2D eigenvalue weighted by Crippen LogP contribution is 2.31. The molecule has 100 valence electrons. The predicted octanol–water partition coefficient (Wildman–Crippen LogP) is 4.61. The van der Waals surface area contributed by atoms with E-state index in [1.165, 1.54) is 0 Å². The van der Waals surface area contributed by atoms with Gasteiger partial charge >= 0.3 is 0 Å². The summed E-state index contributed by atoms with van der Waals surface area (Å²) < 4.78 is 6.91. The molecule has 2 rings (SSSR count). The number of halogens is 1. The minimum absolute atomic E-state index is 0.0126. The predicted molar refractivity (Wildman–Crippen MR) is 82.2 cm³/mol. The van der Waals surface area contributed by atoms with E-state index in [9.17, 15) is 0 Å². The van der Waals surface area contributed by atoms with Crippen molar-refractivity contribution in [2.75, 3.05) is 0 Å². The van der Waals surface area contributed by atoms with Gasteiger partial charge in [0.2, 0.25) is 0 Å². The van der Waals surface area contributed by atoms with Gasteiger partial charge in [-0.05, 0) is 53.0 Å². The first-order valence-electron chi connectivity index (χ1n) is 6.34. The summed E-state index contributed by atoms with van der Waals surface area (Å²) in [6, 6.07) is 16.2. The fourth-order valence-corrected chi connectivity index (χ4v) is 2.37. The van der Waals surface area contributed by atoms with E-state index >= 15 is 0 Å². The number of nitrogens with two attached hydrogens (primary N) is 1. The molecule has 2 N–H and O–H groups in total. The highest BCUT2D eigenvalue weighted by Gasteiger charge is 2.10. The number of hydrogen-bond acceptors (Lipinski definition) is 2. The van der Waals surface area contributed by atoms with Gasteiger partial charge in [0.1, 0.15) is 11.9 Å². The molecule has 0 radical (unpaired) electrons. The third-order valence-electron chi connectivity index (χ3n) is 3.05. The Morgan fingerprint density at radius 1 is 1.00 bits per heavy atom. The summed E-state index contributed by atoms with van der Waals surface area (Å²) in [6.45, 7) is 4.01. The van der Waals surface area contributed by atoms with Crippen molar-refractivity contribution in [1.82, 2.24) is 0 Å². The highest BCUT2D eigenvalue weighted by molar-refractivity contribution is 9.10. The van der Waals surface area contributed by atoms with Crippen LogP contribution < -0.4 is 10.5 Å². The third-order valence-corrected chi connectivity index (χ3v) is 3.67. The van der Waals surface area contributed by atoms with Gasteiger partial charge in [-0.1, -0.05) is 36.4 Å². The lowest BCUT2D eigenvalue weighted by atomic mass is 10.1. The van der Waals surface area contributed by atoms with E-state index in [0.29, 0.717) is 0 Å². The van der Waals surface area contributed by atoms with E-state index in [1.54, 1.807) is 0 Å². The van der Waals surface area contributed by atoms with Gasteiger partial charge in [-0.2, -0.15) is 0 Å². The van der Waals surface area contributed by atoms with Gasteiger partial charge < -0.3 is 10.5 Å². The molecule has 3 heteroatoms. The number of benzene rings is 2. The lowest BCUT2D eigenvalue weighted by Gasteiger charge is -2.17. The topological polar surface area (TPSA) is 35.2 Å². The molecule has 0 fully saturated rings. The molecule has 0 heterocycles. The van der Waals surface area contributed by atoms with Crippen LogP contribution in [0.5, 0.6) is 5.75 Å². The minimum atomic E-state index is 0.0126. The summed E-state index contributed by atoms with van der Waals surface area (Å²) >= 11 is 3.54. The number of rotatable bonds is 4. The van der Waals surface area contributed by atoms with Crippen molar-refractivity contribution in [2.24, 2.45) is 5.73 Å². The molecule has 0 saturated heterocycles. The zero-order chi connectivity index (χ0) is 13.8. The second-order valence-corrected chi connectivity index (χ2v) is 5.50. The van der Waals surface area contributed by atoms with Crippen LogP contribution in [0.3, 0.4) is 0 Å². The Bertz CT molecular complexity index is 540. The molecule has 19 heavy (non-hydrogen) atoms. The van der Waals surface area contributed by atoms with E-state index in [-0.39, 0.29) is 12.1 Å². The molecule has 0 spiro atoms. The summed E-state index contributed by atoms with van der Waals surface area (Å²) in [5, 5.41) is 0. The smallest absolute Gasteiger partial charge is 0.134 e. The summed E-state index contributed by atoms with van der Waals surface area (Å²) in [6.07, 6.45) is 0.0126. The molecule has 2 atom stereocenters. The molecule has 0 amide bonds. The van der Waals surface area contributed by atoms with Crippen LogP contribution in [0.4, 0.5) is 0 Å². The van der Waals surface area contributed by atoms with Crippen LogP contribution in [0, 0.1) is 0 Å². The Kier molecular flexibility index (Phi) is 4.61. The molecule has 0 aliphatic carbocycles. The van der Waals surface area contributed by atoms with E-state index in [2.05, 4.69) is 28.1 Å². The van der Waals surface area contributed by atoms with Crippen LogP contribution in [0.25, 0.3) is 0 Å². The van der Waals surface area contributed by atoms with Crippen LogP contribution in [0.1, 0.15) is 37.1 Å². The van der Waals surface area contributed by atoms with Gasteiger partial charge in [0.25, 0.3) is 0 Å². The fraction of sp³-hybridized carbons (Fsp3) is 0.250. The Morgan fingerprint density at radius 2 is 1.68 bits per heavy atom. The summed E-state index contributed by atoms with van der Waals surface area (Å²) in [5.74, 6) is 0.834. The van der Waals surface area contributed by atoms with Gasteiger partial charge in [0, 0.05) is 6.04 Å². The Labute approximate surface area is 122 Å². The van der Waals surface area contributed by atoms with Crippen LogP contribution in [0.2, 0.25) is 0 Å². The first-order chi connectivity index (χ1) is 9.08. The molecule has 0 aliphatic rings. The highest BCUT2D eigenvalue weighted by atomic mass is 79.9. The van der Waals surface area contributed by atoms with Crippen molar-refractivity contribution >= 4 is 15.9 Å². The average Bonchev–Trinajstić information content (AvgIpc) is 2.41. The van der Waals surface area contributed by atoms with Gasteiger partial charge in [0.05, 0.1) is 4.47 Å². The molecular formula is C16H18BrNO. The molecule has 2 aromatic carbocycles. The second kappa shape index (κ2) is 6.22. The first-order valence-corrected chi connectivity index (χ1v) is 7.14. The quantitative estimate of drug-likeness (QED) is 0.893. The van der Waals surface area contributed by atoms with Crippen LogP contribution in [0.15, 0.2) is 53.0 Å². The maximum Gasteiger partial charge on any atom is 0.134 e. The van der Waals surface area contributed by atoms with Crippen molar-refractivity contribution in [1.29, 1.82) is 0 Å². The molecule has 2 aromatic rings. The van der Waals surface area contributed by atoms with Gasteiger partial charge in [0.15, 0.2) is 0 Å². The lowest BCUT2D eigenvalue weighted by molar-refractivity contribution is 0.225. The molecule has 0 bridgehead atoms.